The van der Waals surface area contributed by atoms with Crippen LogP contribution in [0.15, 0.2) is 74.3 Å². The lowest BCUT2D eigenvalue weighted by Gasteiger charge is -2.02. The van der Waals surface area contributed by atoms with Crippen LogP contribution in [-0.4, -0.2) is 27.2 Å². The maximum atomic E-state index is 12.8. The van der Waals surface area contributed by atoms with Gasteiger partial charge in [-0.3, -0.25) is 4.79 Å². The van der Waals surface area contributed by atoms with Crippen LogP contribution in [0.1, 0.15) is 23.0 Å². The Morgan fingerprint density at radius 2 is 1.82 bits per heavy atom. The molecule has 7 nitrogen and oxygen atoms in total. The summed E-state index contributed by atoms with van der Waals surface area (Å²) in [6.45, 7) is 2.09. The van der Waals surface area contributed by atoms with Crippen molar-refractivity contribution in [3.05, 3.63) is 91.3 Å². The first kappa shape index (κ1) is 21.3. The van der Waals surface area contributed by atoms with Crippen molar-refractivity contribution >= 4 is 44.3 Å². The van der Waals surface area contributed by atoms with Crippen LogP contribution in [0.4, 0.5) is 0 Å². The summed E-state index contributed by atoms with van der Waals surface area (Å²) in [5.74, 6) is 1.30. The molecule has 164 valence electrons. The summed E-state index contributed by atoms with van der Waals surface area (Å²) in [6.07, 6.45) is 1.68. The molecule has 5 aromatic rings. The number of esters is 1. The molecule has 0 spiro atoms. The van der Waals surface area contributed by atoms with Gasteiger partial charge in [-0.1, -0.05) is 51.5 Å². The minimum absolute atomic E-state index is 0.248. The number of nitrogens with zero attached hydrogens (tertiary/aromatic N) is 3. The molecule has 0 aliphatic rings. The topological polar surface area (TPSA) is 86.7 Å². The van der Waals surface area contributed by atoms with Crippen LogP contribution in [0, 0.1) is 0 Å². The van der Waals surface area contributed by atoms with E-state index < -0.39 is 0 Å². The lowest BCUT2D eigenvalue weighted by atomic mass is 10.1. The molecule has 0 radical (unpaired) electrons. The van der Waals surface area contributed by atoms with Crippen LogP contribution in [0.5, 0.6) is 0 Å². The van der Waals surface area contributed by atoms with Gasteiger partial charge in [-0.25, -0.2) is 4.79 Å². The highest BCUT2D eigenvalue weighted by Crippen LogP contribution is 2.23. The van der Waals surface area contributed by atoms with Crippen LogP contribution in [0.2, 0.25) is 0 Å². The molecule has 33 heavy (non-hydrogen) atoms. The molecule has 0 N–H and O–H groups in total. The lowest BCUT2D eigenvalue weighted by Crippen LogP contribution is -2.23. The highest BCUT2D eigenvalue weighted by molar-refractivity contribution is 9.10. The van der Waals surface area contributed by atoms with Gasteiger partial charge in [0.2, 0.25) is 4.96 Å². The van der Waals surface area contributed by atoms with Gasteiger partial charge in [-0.15, -0.1) is 5.10 Å². The van der Waals surface area contributed by atoms with E-state index in [1.807, 2.05) is 30.3 Å². The normalized spacial score (nSPS) is 11.9. The molecule has 0 saturated carbocycles. The van der Waals surface area contributed by atoms with Crippen molar-refractivity contribution in [2.24, 2.45) is 0 Å². The van der Waals surface area contributed by atoms with Crippen LogP contribution in [-0.2, 0) is 4.74 Å². The molecular weight excluding hydrogens is 506 g/mol. The Balaban J connectivity index is 1.42. The molecule has 0 aliphatic carbocycles. The van der Waals surface area contributed by atoms with Crippen LogP contribution < -0.4 is 10.1 Å². The summed E-state index contributed by atoms with van der Waals surface area (Å²) >= 11 is 4.66. The number of aromatic nitrogens is 3. The Kier molecular flexibility index (Phi) is 5.65. The summed E-state index contributed by atoms with van der Waals surface area (Å²) < 4.78 is 13.6. The van der Waals surface area contributed by atoms with E-state index in [0.717, 1.165) is 15.6 Å². The minimum atomic E-state index is -0.361. The summed E-state index contributed by atoms with van der Waals surface area (Å²) in [6, 6.07) is 18.2. The molecule has 0 fully saturated rings. The third-order valence-electron chi connectivity index (χ3n) is 4.86. The monoisotopic (exact) mass is 521 g/mol. The number of benzene rings is 2. The number of halogens is 1. The number of furan rings is 1. The number of carbonyl (C=O) groups excluding carboxylic acids is 1. The number of thiazole rings is 1. The van der Waals surface area contributed by atoms with E-state index in [4.69, 9.17) is 9.15 Å². The van der Waals surface area contributed by atoms with Gasteiger partial charge in [-0.05, 0) is 43.3 Å². The number of fused-ring (bicyclic) bond motifs is 1. The highest BCUT2D eigenvalue weighted by atomic mass is 79.9. The van der Waals surface area contributed by atoms with Gasteiger partial charge in [0.25, 0.3) is 5.56 Å². The Bertz CT molecular complexity index is 1570. The Hall–Kier alpha value is -3.56. The maximum Gasteiger partial charge on any atom is 0.338 e. The summed E-state index contributed by atoms with van der Waals surface area (Å²) in [4.78, 5) is 29.6. The van der Waals surface area contributed by atoms with Crippen LogP contribution in [0.3, 0.4) is 0 Å². The number of rotatable bonds is 5. The average Bonchev–Trinajstić information content (AvgIpc) is 3.52. The third kappa shape index (κ3) is 4.24. The first-order chi connectivity index (χ1) is 16.0. The number of hydrogen-bond acceptors (Lipinski definition) is 7. The van der Waals surface area contributed by atoms with E-state index in [1.165, 1.54) is 15.9 Å². The predicted octanol–water partition coefficient (Wildman–Crippen LogP) is 4.56. The van der Waals surface area contributed by atoms with Crippen LogP contribution in [0.25, 0.3) is 33.7 Å². The summed E-state index contributed by atoms with van der Waals surface area (Å²) in [7, 11) is 0. The second-order valence-corrected chi connectivity index (χ2v) is 8.98. The second-order valence-electron chi connectivity index (χ2n) is 7.05. The molecule has 0 atom stereocenters. The van der Waals surface area contributed by atoms with E-state index in [-0.39, 0.29) is 11.5 Å². The van der Waals surface area contributed by atoms with Gasteiger partial charge in [-0.2, -0.15) is 9.50 Å². The van der Waals surface area contributed by atoms with Crippen molar-refractivity contribution in [1.29, 1.82) is 0 Å². The Morgan fingerprint density at radius 3 is 2.52 bits per heavy atom. The van der Waals surface area contributed by atoms with Crippen molar-refractivity contribution < 1.29 is 13.9 Å². The number of ether oxygens (including phenoxy) is 1. The zero-order chi connectivity index (χ0) is 22.9. The predicted molar refractivity (Wildman–Crippen MR) is 129 cm³/mol. The zero-order valence-corrected chi connectivity index (χ0v) is 19.7. The third-order valence-corrected chi connectivity index (χ3v) is 6.35. The smallest absolute Gasteiger partial charge is 0.338 e. The quantitative estimate of drug-likeness (QED) is 0.315. The molecule has 0 amide bonds. The van der Waals surface area contributed by atoms with Gasteiger partial charge in [0.05, 0.1) is 12.2 Å². The first-order valence-electron chi connectivity index (χ1n) is 10.1. The highest BCUT2D eigenvalue weighted by Gasteiger charge is 2.13. The molecule has 0 bridgehead atoms. The van der Waals surface area contributed by atoms with Crippen LogP contribution >= 0.6 is 27.3 Å². The minimum Gasteiger partial charge on any atom is -0.462 e. The van der Waals surface area contributed by atoms with Gasteiger partial charge >= 0.3 is 5.97 Å². The standard InChI is InChI=1S/C24H16BrN3O4S/c1-2-31-23(30)16-5-3-14(4-6-16)19-12-11-18(32-19)13-20-22(29)28-24(33-20)26-21(27-28)15-7-9-17(25)10-8-15/h3-13H,2H2,1H3/b20-13-. The largest absolute Gasteiger partial charge is 0.462 e. The Labute approximate surface area is 200 Å². The van der Waals surface area contributed by atoms with E-state index >= 15 is 0 Å². The fourth-order valence-corrected chi connectivity index (χ4v) is 4.41. The molecular formula is C24H16BrN3O4S. The summed E-state index contributed by atoms with van der Waals surface area (Å²) in [5, 5.41) is 4.36. The van der Waals surface area contributed by atoms with Gasteiger partial charge in [0.1, 0.15) is 16.1 Å². The van der Waals surface area contributed by atoms with Crippen molar-refractivity contribution in [2.45, 2.75) is 6.92 Å². The molecule has 0 unspecified atom stereocenters. The van der Waals surface area contributed by atoms with Gasteiger partial charge in [0, 0.05) is 21.7 Å². The van der Waals surface area contributed by atoms with Gasteiger partial charge in [0.15, 0.2) is 5.82 Å². The van der Waals surface area contributed by atoms with Gasteiger partial charge < -0.3 is 9.15 Å². The van der Waals surface area contributed by atoms with Crippen molar-refractivity contribution in [1.82, 2.24) is 14.6 Å². The molecule has 5 rings (SSSR count). The number of carbonyl (C=O) groups is 1. The van der Waals surface area contributed by atoms with Crippen molar-refractivity contribution in [3.63, 3.8) is 0 Å². The average molecular weight is 522 g/mol. The van der Waals surface area contributed by atoms with Crippen molar-refractivity contribution in [2.75, 3.05) is 6.61 Å². The van der Waals surface area contributed by atoms with E-state index in [9.17, 15) is 9.59 Å². The molecule has 2 aromatic carbocycles. The molecule has 9 heteroatoms. The van der Waals surface area contributed by atoms with Crippen molar-refractivity contribution in [3.8, 4) is 22.7 Å². The second kappa shape index (κ2) is 8.76. The van der Waals surface area contributed by atoms with E-state index in [0.29, 0.717) is 39.0 Å². The maximum absolute atomic E-state index is 12.8. The van der Waals surface area contributed by atoms with E-state index in [1.54, 1.807) is 43.3 Å². The molecule has 3 aromatic heterocycles. The zero-order valence-electron chi connectivity index (χ0n) is 17.3. The lowest BCUT2D eigenvalue weighted by molar-refractivity contribution is 0.0526. The Morgan fingerprint density at radius 1 is 1.09 bits per heavy atom. The first-order valence-corrected chi connectivity index (χ1v) is 11.7. The fraction of sp³-hybridized carbons (Fsp3) is 0.0833. The van der Waals surface area contributed by atoms with E-state index in [2.05, 4.69) is 26.0 Å². The molecule has 3 heterocycles. The molecule has 0 saturated heterocycles. The summed E-state index contributed by atoms with van der Waals surface area (Å²) in [5.41, 5.74) is 1.88. The SMILES string of the molecule is CCOC(=O)c1ccc(-c2ccc(/C=c3\sc4nc(-c5ccc(Br)cc5)nn4c3=O)o2)cc1. The number of hydrogen-bond donors (Lipinski definition) is 0. The fourth-order valence-electron chi connectivity index (χ4n) is 3.25. The molecule has 0 aliphatic heterocycles.